The summed E-state index contributed by atoms with van der Waals surface area (Å²) < 4.78 is 7.07. The Labute approximate surface area is 127 Å². The topological polar surface area (TPSA) is 60.2 Å². The van der Waals surface area contributed by atoms with E-state index in [2.05, 4.69) is 15.1 Å². The minimum absolute atomic E-state index is 0.0578. The van der Waals surface area contributed by atoms with E-state index in [-0.39, 0.29) is 11.9 Å². The zero-order chi connectivity index (χ0) is 14.7. The first-order valence-electron chi connectivity index (χ1n) is 7.16. The molecule has 0 aliphatic carbocycles. The number of hydrogen-bond donors (Lipinski definition) is 0. The smallest absolute Gasteiger partial charge is 0.310 e. The number of aromatic nitrogens is 3. The van der Waals surface area contributed by atoms with Crippen LogP contribution in [0, 0.1) is 5.92 Å². The maximum absolute atomic E-state index is 11.9. The molecule has 6 nitrogen and oxygen atoms in total. The molecule has 1 aliphatic rings. The lowest BCUT2D eigenvalue weighted by molar-refractivity contribution is -0.148. The summed E-state index contributed by atoms with van der Waals surface area (Å²) in [6.45, 7) is 3.86. The van der Waals surface area contributed by atoms with Crippen LogP contribution in [-0.4, -0.2) is 40.4 Å². The van der Waals surface area contributed by atoms with E-state index < -0.39 is 0 Å². The standard InChI is InChI=1S/C14H18N4O2S/c1-2-20-12(19)11-6-5-9-18(10-11)14-16-15-13(21-14)17-7-3-4-8-17/h3-4,7-8,11H,2,5-6,9-10H2,1H3. The van der Waals surface area contributed by atoms with Gasteiger partial charge in [-0.15, -0.1) is 10.2 Å². The van der Waals surface area contributed by atoms with Gasteiger partial charge in [-0.2, -0.15) is 0 Å². The molecule has 0 radical (unpaired) electrons. The van der Waals surface area contributed by atoms with Crippen molar-refractivity contribution in [1.29, 1.82) is 0 Å². The van der Waals surface area contributed by atoms with Crippen LogP contribution in [-0.2, 0) is 9.53 Å². The van der Waals surface area contributed by atoms with Crippen LogP contribution in [0.2, 0.25) is 0 Å². The second-order valence-corrected chi connectivity index (χ2v) is 5.93. The second kappa shape index (κ2) is 6.26. The third-order valence-corrected chi connectivity index (χ3v) is 4.54. The minimum atomic E-state index is -0.0997. The fourth-order valence-electron chi connectivity index (χ4n) is 2.51. The fraction of sp³-hybridized carbons (Fsp3) is 0.500. The Morgan fingerprint density at radius 3 is 2.90 bits per heavy atom. The molecule has 0 N–H and O–H groups in total. The molecular weight excluding hydrogens is 288 g/mol. The van der Waals surface area contributed by atoms with E-state index in [1.807, 2.05) is 36.0 Å². The summed E-state index contributed by atoms with van der Waals surface area (Å²) in [5, 5.41) is 10.2. The lowest BCUT2D eigenvalue weighted by Crippen LogP contribution is -2.39. The number of carbonyl (C=O) groups is 1. The van der Waals surface area contributed by atoms with Crippen molar-refractivity contribution >= 4 is 22.4 Å². The van der Waals surface area contributed by atoms with Gasteiger partial charge >= 0.3 is 5.97 Å². The quantitative estimate of drug-likeness (QED) is 0.810. The van der Waals surface area contributed by atoms with Gasteiger partial charge in [-0.3, -0.25) is 9.36 Å². The molecule has 0 spiro atoms. The van der Waals surface area contributed by atoms with Crippen LogP contribution in [0.25, 0.3) is 5.13 Å². The van der Waals surface area contributed by atoms with Crippen molar-refractivity contribution in [2.45, 2.75) is 19.8 Å². The van der Waals surface area contributed by atoms with Gasteiger partial charge in [-0.05, 0) is 31.9 Å². The van der Waals surface area contributed by atoms with Gasteiger partial charge < -0.3 is 9.64 Å². The molecule has 0 amide bonds. The number of esters is 1. The molecule has 1 saturated heterocycles. The first kappa shape index (κ1) is 14.1. The highest BCUT2D eigenvalue weighted by Gasteiger charge is 2.28. The van der Waals surface area contributed by atoms with Crippen molar-refractivity contribution in [2.24, 2.45) is 5.92 Å². The second-order valence-electron chi connectivity index (χ2n) is 4.99. The number of ether oxygens (including phenoxy) is 1. The van der Waals surface area contributed by atoms with Crippen LogP contribution in [0.15, 0.2) is 24.5 Å². The third kappa shape index (κ3) is 3.07. The van der Waals surface area contributed by atoms with Gasteiger partial charge in [0.1, 0.15) is 0 Å². The van der Waals surface area contributed by atoms with Gasteiger partial charge in [0.15, 0.2) is 0 Å². The number of nitrogens with zero attached hydrogens (tertiary/aromatic N) is 4. The molecule has 1 aliphatic heterocycles. The Morgan fingerprint density at radius 2 is 2.14 bits per heavy atom. The fourth-order valence-corrected chi connectivity index (χ4v) is 3.35. The van der Waals surface area contributed by atoms with Gasteiger partial charge in [-0.1, -0.05) is 11.3 Å². The van der Waals surface area contributed by atoms with Gasteiger partial charge in [0.05, 0.1) is 12.5 Å². The Kier molecular flexibility index (Phi) is 4.19. The van der Waals surface area contributed by atoms with Crippen molar-refractivity contribution < 1.29 is 9.53 Å². The number of rotatable bonds is 4. The molecule has 2 aromatic heterocycles. The van der Waals surface area contributed by atoms with E-state index >= 15 is 0 Å². The number of piperidine rings is 1. The van der Waals surface area contributed by atoms with E-state index in [0.717, 1.165) is 29.6 Å². The number of anilines is 1. The molecule has 1 fully saturated rings. The summed E-state index contributed by atoms with van der Waals surface area (Å²) in [6, 6.07) is 3.91. The maximum atomic E-state index is 11.9. The first-order valence-corrected chi connectivity index (χ1v) is 7.98. The van der Waals surface area contributed by atoms with E-state index in [1.54, 1.807) is 0 Å². The van der Waals surface area contributed by atoms with E-state index in [1.165, 1.54) is 11.3 Å². The molecular formula is C14H18N4O2S. The zero-order valence-corrected chi connectivity index (χ0v) is 12.8. The summed E-state index contributed by atoms with van der Waals surface area (Å²) in [5.74, 6) is -0.157. The van der Waals surface area contributed by atoms with Crippen molar-refractivity contribution in [2.75, 3.05) is 24.6 Å². The Morgan fingerprint density at radius 1 is 1.38 bits per heavy atom. The predicted octanol–water partition coefficient (Wildman–Crippen LogP) is 2.11. The van der Waals surface area contributed by atoms with E-state index in [4.69, 9.17) is 4.74 Å². The molecule has 3 rings (SSSR count). The Balaban J connectivity index is 1.70. The molecule has 2 aromatic rings. The third-order valence-electron chi connectivity index (χ3n) is 3.54. The van der Waals surface area contributed by atoms with Gasteiger partial charge in [0.2, 0.25) is 10.3 Å². The first-order chi connectivity index (χ1) is 10.3. The Bertz CT molecular complexity index is 596. The molecule has 1 unspecified atom stereocenters. The van der Waals surface area contributed by atoms with Crippen LogP contribution in [0.1, 0.15) is 19.8 Å². The van der Waals surface area contributed by atoms with Crippen LogP contribution >= 0.6 is 11.3 Å². The zero-order valence-electron chi connectivity index (χ0n) is 11.9. The highest BCUT2D eigenvalue weighted by Crippen LogP contribution is 2.28. The number of carbonyl (C=O) groups excluding carboxylic acids is 1. The molecule has 0 aromatic carbocycles. The summed E-state index contributed by atoms with van der Waals surface area (Å²) >= 11 is 1.54. The van der Waals surface area contributed by atoms with Crippen LogP contribution in [0.5, 0.6) is 0 Å². The minimum Gasteiger partial charge on any atom is -0.466 e. The average molecular weight is 306 g/mol. The molecule has 21 heavy (non-hydrogen) atoms. The lowest BCUT2D eigenvalue weighted by atomic mass is 9.99. The monoisotopic (exact) mass is 306 g/mol. The van der Waals surface area contributed by atoms with Crippen LogP contribution in [0.3, 0.4) is 0 Å². The van der Waals surface area contributed by atoms with Crippen molar-refractivity contribution in [3.8, 4) is 5.13 Å². The SMILES string of the molecule is CCOC(=O)C1CCCN(c2nnc(-n3cccc3)s2)C1. The number of hydrogen-bond acceptors (Lipinski definition) is 6. The molecule has 3 heterocycles. The highest BCUT2D eigenvalue weighted by atomic mass is 32.1. The summed E-state index contributed by atoms with van der Waals surface area (Å²) in [4.78, 5) is 14.0. The summed E-state index contributed by atoms with van der Waals surface area (Å²) in [6.07, 6.45) is 5.75. The molecule has 1 atom stereocenters. The normalized spacial score (nSPS) is 18.7. The summed E-state index contributed by atoms with van der Waals surface area (Å²) in [5.41, 5.74) is 0. The largest absolute Gasteiger partial charge is 0.466 e. The van der Waals surface area contributed by atoms with E-state index in [9.17, 15) is 4.79 Å². The highest BCUT2D eigenvalue weighted by molar-refractivity contribution is 7.17. The maximum Gasteiger partial charge on any atom is 0.310 e. The van der Waals surface area contributed by atoms with E-state index in [0.29, 0.717) is 13.2 Å². The van der Waals surface area contributed by atoms with Crippen molar-refractivity contribution in [3.05, 3.63) is 24.5 Å². The van der Waals surface area contributed by atoms with Crippen molar-refractivity contribution in [3.63, 3.8) is 0 Å². The molecule has 7 heteroatoms. The molecule has 0 saturated carbocycles. The predicted molar refractivity (Wildman–Crippen MR) is 80.8 cm³/mol. The van der Waals surface area contributed by atoms with Gasteiger partial charge in [0.25, 0.3) is 0 Å². The van der Waals surface area contributed by atoms with Gasteiger partial charge in [0, 0.05) is 25.5 Å². The van der Waals surface area contributed by atoms with Crippen molar-refractivity contribution in [1.82, 2.24) is 14.8 Å². The summed E-state index contributed by atoms with van der Waals surface area (Å²) in [7, 11) is 0. The lowest BCUT2D eigenvalue weighted by Gasteiger charge is -2.30. The molecule has 0 bridgehead atoms. The average Bonchev–Trinajstić information content (AvgIpc) is 3.18. The molecule has 112 valence electrons. The Hall–Kier alpha value is -1.89. The van der Waals surface area contributed by atoms with Crippen LogP contribution in [0.4, 0.5) is 5.13 Å². The van der Waals surface area contributed by atoms with Crippen LogP contribution < -0.4 is 4.90 Å². The van der Waals surface area contributed by atoms with Gasteiger partial charge in [-0.25, -0.2) is 0 Å².